The lowest BCUT2D eigenvalue weighted by molar-refractivity contribution is 0.0694. The second-order valence-corrected chi connectivity index (χ2v) is 4.02. The van der Waals surface area contributed by atoms with E-state index < -0.39 is 17.1 Å². The van der Waals surface area contributed by atoms with Crippen LogP contribution in [0.5, 0.6) is 5.75 Å². The first-order chi connectivity index (χ1) is 9.09. The number of nitrogens with zero attached hydrogens (tertiary/aromatic N) is 2. The molecule has 0 spiro atoms. The molecular weight excluding hydrogens is 248 g/mol. The van der Waals surface area contributed by atoms with Gasteiger partial charge in [0.2, 0.25) is 0 Å². The topological polar surface area (TPSA) is 91.9 Å². The van der Waals surface area contributed by atoms with Crippen LogP contribution < -0.4 is 5.56 Å². The number of hydrogen-bond donors (Lipinski definition) is 2. The number of aromatic nitrogens is 2. The number of hydrogen-bond acceptors (Lipinski definition) is 4. The van der Waals surface area contributed by atoms with E-state index in [9.17, 15) is 14.7 Å². The van der Waals surface area contributed by atoms with E-state index in [2.05, 4.69) is 4.98 Å². The summed E-state index contributed by atoms with van der Waals surface area (Å²) in [6, 6.07) is 8.00. The third-order valence-corrected chi connectivity index (χ3v) is 2.91. The Bertz CT molecular complexity index is 883. The minimum Gasteiger partial charge on any atom is -0.507 e. The molecule has 3 aromatic rings. The van der Waals surface area contributed by atoms with Crippen molar-refractivity contribution in [2.45, 2.75) is 0 Å². The molecule has 0 aliphatic heterocycles. The Hall–Kier alpha value is -2.89. The van der Waals surface area contributed by atoms with E-state index in [0.717, 1.165) is 6.20 Å². The number of aromatic hydroxyl groups is 1. The molecule has 94 valence electrons. The van der Waals surface area contributed by atoms with Gasteiger partial charge in [0.1, 0.15) is 17.0 Å². The van der Waals surface area contributed by atoms with Crippen molar-refractivity contribution in [3.8, 4) is 5.75 Å². The van der Waals surface area contributed by atoms with E-state index >= 15 is 0 Å². The van der Waals surface area contributed by atoms with Crippen LogP contribution in [0, 0.1) is 0 Å². The summed E-state index contributed by atoms with van der Waals surface area (Å²) in [5, 5.41) is 19.3. The molecule has 19 heavy (non-hydrogen) atoms. The summed E-state index contributed by atoms with van der Waals surface area (Å²) in [4.78, 5) is 27.0. The smallest absolute Gasteiger partial charge is 0.342 e. The molecule has 0 aliphatic carbocycles. The standard InChI is InChI=1S/C13H8N2O4/c16-10-5-11-14-6-8(13(18)19)12(17)15(11)9-4-2-1-3-7(9)10/h1-6,16H,(H,18,19). The van der Waals surface area contributed by atoms with Crippen molar-refractivity contribution in [2.75, 3.05) is 0 Å². The Kier molecular flexibility index (Phi) is 2.25. The SMILES string of the molecule is O=C(O)c1cnc2cc(O)c3ccccc3n2c1=O. The molecule has 2 aromatic heterocycles. The van der Waals surface area contributed by atoms with Crippen molar-refractivity contribution < 1.29 is 15.0 Å². The van der Waals surface area contributed by atoms with Crippen LogP contribution in [-0.2, 0) is 0 Å². The first kappa shape index (κ1) is 11.2. The molecule has 0 unspecified atom stereocenters. The number of pyridine rings is 1. The van der Waals surface area contributed by atoms with E-state index in [-0.39, 0.29) is 11.4 Å². The van der Waals surface area contributed by atoms with Gasteiger partial charge in [-0.3, -0.25) is 9.20 Å². The lowest BCUT2D eigenvalue weighted by Gasteiger charge is -2.07. The highest BCUT2D eigenvalue weighted by Gasteiger charge is 2.14. The molecule has 6 nitrogen and oxygen atoms in total. The zero-order valence-electron chi connectivity index (χ0n) is 9.57. The van der Waals surface area contributed by atoms with Crippen molar-refractivity contribution in [2.24, 2.45) is 0 Å². The average molecular weight is 256 g/mol. The predicted octanol–water partition coefficient (Wildman–Crippen LogP) is 1.25. The van der Waals surface area contributed by atoms with E-state index in [1.165, 1.54) is 10.5 Å². The molecule has 0 saturated carbocycles. The third kappa shape index (κ3) is 1.54. The van der Waals surface area contributed by atoms with Crippen LogP contribution in [0.4, 0.5) is 0 Å². The van der Waals surface area contributed by atoms with Crippen LogP contribution in [0.1, 0.15) is 10.4 Å². The maximum Gasteiger partial charge on any atom is 0.342 e. The molecule has 1 aromatic carbocycles. The number of para-hydroxylation sites is 1. The highest BCUT2D eigenvalue weighted by Crippen LogP contribution is 2.24. The summed E-state index contributed by atoms with van der Waals surface area (Å²) >= 11 is 0. The van der Waals surface area contributed by atoms with Crippen LogP contribution in [0.15, 0.2) is 41.3 Å². The number of rotatable bonds is 1. The van der Waals surface area contributed by atoms with E-state index in [0.29, 0.717) is 10.9 Å². The quantitative estimate of drug-likeness (QED) is 0.639. The van der Waals surface area contributed by atoms with Crippen molar-refractivity contribution >= 4 is 22.5 Å². The maximum atomic E-state index is 12.2. The number of aromatic carboxylic acids is 1. The van der Waals surface area contributed by atoms with Gasteiger partial charge in [-0.2, -0.15) is 0 Å². The first-order valence-corrected chi connectivity index (χ1v) is 5.45. The van der Waals surface area contributed by atoms with Gasteiger partial charge in [0.15, 0.2) is 0 Å². The van der Waals surface area contributed by atoms with Gasteiger partial charge >= 0.3 is 5.97 Å². The number of carbonyl (C=O) groups is 1. The van der Waals surface area contributed by atoms with Crippen LogP contribution >= 0.6 is 0 Å². The monoisotopic (exact) mass is 256 g/mol. The third-order valence-electron chi connectivity index (χ3n) is 2.91. The van der Waals surface area contributed by atoms with Gasteiger partial charge in [0, 0.05) is 17.6 Å². The molecule has 3 rings (SSSR count). The molecule has 0 saturated heterocycles. The minimum absolute atomic E-state index is 0.00873. The maximum absolute atomic E-state index is 12.2. The number of benzene rings is 1. The second-order valence-electron chi connectivity index (χ2n) is 4.02. The molecule has 0 radical (unpaired) electrons. The zero-order valence-corrected chi connectivity index (χ0v) is 9.57. The Morgan fingerprint density at radius 2 is 2.00 bits per heavy atom. The van der Waals surface area contributed by atoms with Gasteiger partial charge in [-0.25, -0.2) is 9.78 Å². The fourth-order valence-electron chi connectivity index (χ4n) is 2.03. The summed E-state index contributed by atoms with van der Waals surface area (Å²) in [5.74, 6) is -1.34. The molecule has 0 atom stereocenters. The average Bonchev–Trinajstić information content (AvgIpc) is 2.38. The predicted molar refractivity (Wildman–Crippen MR) is 67.6 cm³/mol. The Labute approximate surface area is 106 Å². The van der Waals surface area contributed by atoms with Gasteiger partial charge in [-0.15, -0.1) is 0 Å². The van der Waals surface area contributed by atoms with Crippen LogP contribution in [0.25, 0.3) is 16.6 Å². The fraction of sp³-hybridized carbons (Fsp3) is 0. The lowest BCUT2D eigenvalue weighted by Crippen LogP contribution is -2.23. The van der Waals surface area contributed by atoms with Gasteiger partial charge in [0.05, 0.1) is 5.52 Å². The molecular formula is C13H8N2O4. The van der Waals surface area contributed by atoms with Crippen molar-refractivity contribution in [1.29, 1.82) is 0 Å². The molecule has 0 amide bonds. The molecule has 2 heterocycles. The van der Waals surface area contributed by atoms with Gasteiger partial charge in [-0.1, -0.05) is 12.1 Å². The largest absolute Gasteiger partial charge is 0.507 e. The number of carboxylic acid groups (broad SMARTS) is 1. The van der Waals surface area contributed by atoms with Crippen LogP contribution in [0.2, 0.25) is 0 Å². The lowest BCUT2D eigenvalue weighted by atomic mass is 10.2. The highest BCUT2D eigenvalue weighted by atomic mass is 16.4. The number of carboxylic acids is 1. The molecule has 0 bridgehead atoms. The molecule has 0 aliphatic rings. The van der Waals surface area contributed by atoms with E-state index in [1.807, 2.05) is 0 Å². The highest BCUT2D eigenvalue weighted by molar-refractivity contribution is 5.90. The summed E-state index contributed by atoms with van der Waals surface area (Å²) in [5.41, 5.74) is -0.466. The van der Waals surface area contributed by atoms with Gasteiger partial charge in [0.25, 0.3) is 5.56 Å². The van der Waals surface area contributed by atoms with E-state index in [4.69, 9.17) is 5.11 Å². The second kappa shape index (κ2) is 3.81. The summed E-state index contributed by atoms with van der Waals surface area (Å²) in [7, 11) is 0. The van der Waals surface area contributed by atoms with Crippen LogP contribution in [0.3, 0.4) is 0 Å². The summed E-state index contributed by atoms with van der Waals surface area (Å²) < 4.78 is 1.18. The van der Waals surface area contributed by atoms with Crippen molar-refractivity contribution in [3.05, 3.63) is 52.4 Å². The normalized spacial score (nSPS) is 10.9. The van der Waals surface area contributed by atoms with E-state index in [1.54, 1.807) is 24.3 Å². The number of fused-ring (bicyclic) bond motifs is 3. The van der Waals surface area contributed by atoms with Gasteiger partial charge < -0.3 is 10.2 Å². The Morgan fingerprint density at radius 3 is 2.74 bits per heavy atom. The summed E-state index contributed by atoms with van der Waals surface area (Å²) in [6.07, 6.45) is 0.994. The summed E-state index contributed by atoms with van der Waals surface area (Å²) in [6.45, 7) is 0. The fourth-order valence-corrected chi connectivity index (χ4v) is 2.03. The minimum atomic E-state index is -1.33. The van der Waals surface area contributed by atoms with Gasteiger partial charge in [-0.05, 0) is 12.1 Å². The molecule has 0 fully saturated rings. The molecule has 6 heteroatoms. The van der Waals surface area contributed by atoms with Crippen molar-refractivity contribution in [1.82, 2.24) is 9.38 Å². The van der Waals surface area contributed by atoms with Crippen molar-refractivity contribution in [3.63, 3.8) is 0 Å². The first-order valence-electron chi connectivity index (χ1n) is 5.45. The Balaban J connectivity index is 2.62. The Morgan fingerprint density at radius 1 is 1.26 bits per heavy atom. The molecule has 2 N–H and O–H groups in total. The van der Waals surface area contributed by atoms with Crippen LogP contribution in [-0.4, -0.2) is 25.6 Å². The zero-order chi connectivity index (χ0) is 13.6.